The molecule has 0 saturated carbocycles. The molecule has 10 heteroatoms. The quantitative estimate of drug-likeness (QED) is 0.281. The lowest BCUT2D eigenvalue weighted by molar-refractivity contribution is 0.0282. The van der Waals surface area contributed by atoms with E-state index in [4.69, 9.17) is 25.8 Å². The minimum atomic E-state index is -1.14. The van der Waals surface area contributed by atoms with E-state index < -0.39 is 13.7 Å². The summed E-state index contributed by atoms with van der Waals surface area (Å²) >= 11 is 6.20. The number of amides is 1. The van der Waals surface area contributed by atoms with Gasteiger partial charge in [-0.2, -0.15) is 9.97 Å². The third kappa shape index (κ3) is 7.32. The third-order valence-electron chi connectivity index (χ3n) is 5.64. The Kier molecular flexibility index (Phi) is 7.96. The Labute approximate surface area is 202 Å². The van der Waals surface area contributed by atoms with Crippen LogP contribution in [-0.4, -0.2) is 65.5 Å². The van der Waals surface area contributed by atoms with Gasteiger partial charge in [-0.3, -0.25) is 0 Å². The topological polar surface area (TPSA) is 78.7 Å². The van der Waals surface area contributed by atoms with E-state index in [2.05, 4.69) is 36.5 Å². The van der Waals surface area contributed by atoms with Crippen LogP contribution >= 0.6 is 11.6 Å². The molecule has 0 aromatic carbocycles. The van der Waals surface area contributed by atoms with Crippen molar-refractivity contribution in [3.05, 3.63) is 17.5 Å². The lowest BCUT2D eigenvalue weighted by Crippen LogP contribution is -2.35. The van der Waals surface area contributed by atoms with Crippen molar-refractivity contribution in [1.29, 1.82) is 0 Å². The van der Waals surface area contributed by atoms with E-state index in [-0.39, 0.29) is 23.2 Å². The summed E-state index contributed by atoms with van der Waals surface area (Å²) in [4.78, 5) is 22.9. The van der Waals surface area contributed by atoms with Crippen LogP contribution in [-0.2, 0) is 16.2 Å². The second-order valence-corrected chi connectivity index (χ2v) is 17.1. The Bertz CT molecular complexity index is 970. The number of nitrogens with zero attached hydrogens (tertiary/aromatic N) is 4. The smallest absolute Gasteiger partial charge is 0.410 e. The first kappa shape index (κ1) is 25.8. The van der Waals surface area contributed by atoms with Crippen molar-refractivity contribution >= 4 is 36.8 Å². The first-order chi connectivity index (χ1) is 15.3. The Balaban J connectivity index is 1.62. The maximum Gasteiger partial charge on any atom is 0.410 e. The van der Waals surface area contributed by atoms with E-state index in [1.165, 1.54) is 0 Å². The summed E-state index contributed by atoms with van der Waals surface area (Å²) < 4.78 is 19.4. The second-order valence-electron chi connectivity index (χ2n) is 11.1. The average molecular weight is 497 g/mol. The first-order valence-electron chi connectivity index (χ1n) is 11.5. The fraction of sp³-hybridized carbons (Fsp3) is 0.696. The molecule has 1 amide bonds. The van der Waals surface area contributed by atoms with Crippen LogP contribution in [0.15, 0.2) is 12.3 Å². The minimum Gasteiger partial charge on any atom is -0.477 e. The molecule has 2 aromatic rings. The first-order valence-corrected chi connectivity index (χ1v) is 15.6. The predicted octanol–water partition coefficient (Wildman–Crippen LogP) is 5.28. The lowest BCUT2D eigenvalue weighted by Gasteiger charge is -2.24. The number of rotatable bonds is 8. The molecule has 2 aromatic heterocycles. The van der Waals surface area contributed by atoms with Crippen molar-refractivity contribution in [3.63, 3.8) is 0 Å². The van der Waals surface area contributed by atoms with Crippen molar-refractivity contribution in [3.8, 4) is 5.88 Å². The van der Waals surface area contributed by atoms with Crippen molar-refractivity contribution in [2.75, 3.05) is 26.3 Å². The number of carbonyl (C=O) groups excluding carboxylic acids is 1. The van der Waals surface area contributed by atoms with Crippen molar-refractivity contribution in [2.45, 2.75) is 65.7 Å². The van der Waals surface area contributed by atoms with Crippen LogP contribution in [0.5, 0.6) is 5.88 Å². The van der Waals surface area contributed by atoms with Gasteiger partial charge < -0.3 is 23.7 Å². The number of halogens is 1. The number of hydrogen-bond donors (Lipinski definition) is 0. The number of likely N-dealkylation sites (tertiary alicyclic amines) is 1. The zero-order valence-electron chi connectivity index (χ0n) is 20.9. The van der Waals surface area contributed by atoms with Crippen LogP contribution in [0.4, 0.5) is 4.79 Å². The van der Waals surface area contributed by atoms with E-state index in [1.807, 2.05) is 37.6 Å². The molecule has 2 unspecified atom stereocenters. The van der Waals surface area contributed by atoms with Crippen LogP contribution in [0.3, 0.4) is 0 Å². The maximum absolute atomic E-state index is 12.4. The van der Waals surface area contributed by atoms with Gasteiger partial charge in [-0.25, -0.2) is 4.79 Å². The van der Waals surface area contributed by atoms with Crippen molar-refractivity contribution < 1.29 is 19.0 Å². The van der Waals surface area contributed by atoms with E-state index in [0.29, 0.717) is 38.0 Å². The molecule has 184 valence electrons. The molecule has 8 nitrogen and oxygen atoms in total. The van der Waals surface area contributed by atoms with Gasteiger partial charge in [0.2, 0.25) is 11.2 Å². The fourth-order valence-corrected chi connectivity index (χ4v) is 4.59. The van der Waals surface area contributed by atoms with Gasteiger partial charge in [0, 0.05) is 39.9 Å². The van der Waals surface area contributed by atoms with E-state index in [9.17, 15) is 4.79 Å². The molecule has 0 aliphatic carbocycles. The number of carbonyl (C=O) groups is 1. The summed E-state index contributed by atoms with van der Waals surface area (Å²) in [6.45, 7) is 17.5. The summed E-state index contributed by atoms with van der Waals surface area (Å²) in [5.74, 6) is 0.914. The molecule has 1 fully saturated rings. The average Bonchev–Trinajstić information content (AvgIpc) is 3.25. The second kappa shape index (κ2) is 10.2. The van der Waals surface area contributed by atoms with Crippen LogP contribution < -0.4 is 4.74 Å². The van der Waals surface area contributed by atoms with Crippen LogP contribution in [0.2, 0.25) is 31.0 Å². The normalized spacial score (nSPS) is 19.3. The van der Waals surface area contributed by atoms with Crippen molar-refractivity contribution in [1.82, 2.24) is 19.4 Å². The van der Waals surface area contributed by atoms with Crippen LogP contribution in [0.1, 0.15) is 27.7 Å². The van der Waals surface area contributed by atoms with Crippen LogP contribution in [0.25, 0.3) is 11.0 Å². The number of fused-ring (bicyclic) bond motifs is 1. The number of ether oxygens (including phenoxy) is 3. The highest BCUT2D eigenvalue weighted by atomic mass is 35.5. The highest BCUT2D eigenvalue weighted by Crippen LogP contribution is 2.29. The Morgan fingerprint density at radius 3 is 2.64 bits per heavy atom. The molecule has 0 radical (unpaired) electrons. The van der Waals surface area contributed by atoms with Gasteiger partial charge in [-0.1, -0.05) is 26.6 Å². The van der Waals surface area contributed by atoms with Gasteiger partial charge in [0.15, 0.2) is 5.65 Å². The standard InChI is InChI=1S/C23H37ClN4O4Si/c1-16-12-28(22(29)32-23(2,3)4)13-17(16)14-31-20-18-8-9-27(19(18)25-21(24)26-20)15-30-10-11-33(5,6)7/h8-9,16-17H,10-15H2,1-7H3. The van der Waals surface area contributed by atoms with Crippen molar-refractivity contribution in [2.24, 2.45) is 11.8 Å². The molecule has 3 heterocycles. The van der Waals surface area contributed by atoms with E-state index >= 15 is 0 Å². The molecule has 3 rings (SSSR count). The third-order valence-corrected chi connectivity index (χ3v) is 7.51. The molecule has 0 N–H and O–H groups in total. The Hall–Kier alpha value is -1.84. The summed E-state index contributed by atoms with van der Waals surface area (Å²) in [6.07, 6.45) is 1.63. The monoisotopic (exact) mass is 496 g/mol. The molecule has 1 aliphatic rings. The molecule has 0 bridgehead atoms. The Morgan fingerprint density at radius 2 is 1.97 bits per heavy atom. The summed E-state index contributed by atoms with van der Waals surface area (Å²) in [5.41, 5.74) is 0.178. The molecule has 2 atom stereocenters. The summed E-state index contributed by atoms with van der Waals surface area (Å²) in [7, 11) is -1.14. The summed E-state index contributed by atoms with van der Waals surface area (Å²) in [6, 6.07) is 3.03. The van der Waals surface area contributed by atoms with Gasteiger partial charge in [0.25, 0.3) is 0 Å². The highest BCUT2D eigenvalue weighted by molar-refractivity contribution is 6.76. The predicted molar refractivity (Wildman–Crippen MR) is 133 cm³/mol. The molecular weight excluding hydrogens is 460 g/mol. The van der Waals surface area contributed by atoms with Gasteiger partial charge in [-0.05, 0) is 50.4 Å². The van der Waals surface area contributed by atoms with Gasteiger partial charge >= 0.3 is 6.09 Å². The highest BCUT2D eigenvalue weighted by Gasteiger charge is 2.35. The molecule has 1 saturated heterocycles. The number of hydrogen-bond acceptors (Lipinski definition) is 6. The van der Waals surface area contributed by atoms with Crippen LogP contribution in [0, 0.1) is 11.8 Å². The van der Waals surface area contributed by atoms with E-state index in [1.54, 1.807) is 4.90 Å². The Morgan fingerprint density at radius 1 is 1.24 bits per heavy atom. The maximum atomic E-state index is 12.4. The zero-order valence-corrected chi connectivity index (χ0v) is 22.6. The molecule has 0 spiro atoms. The van der Waals surface area contributed by atoms with Gasteiger partial charge in [0.1, 0.15) is 12.3 Å². The minimum absolute atomic E-state index is 0.134. The number of aromatic nitrogens is 3. The molecular formula is C23H37ClN4O4Si. The van der Waals surface area contributed by atoms with Gasteiger partial charge in [0.05, 0.1) is 12.0 Å². The zero-order chi connectivity index (χ0) is 24.4. The lowest BCUT2D eigenvalue weighted by atomic mass is 9.99. The molecule has 1 aliphatic heterocycles. The SMILES string of the molecule is CC1CN(C(=O)OC(C)(C)C)CC1COc1nc(Cl)nc2c1ccn2COCC[Si](C)(C)C. The van der Waals surface area contributed by atoms with E-state index in [0.717, 1.165) is 18.0 Å². The largest absolute Gasteiger partial charge is 0.477 e. The molecule has 33 heavy (non-hydrogen) atoms. The fourth-order valence-electron chi connectivity index (χ4n) is 3.68. The van der Waals surface area contributed by atoms with Gasteiger partial charge in [-0.15, -0.1) is 0 Å². The summed E-state index contributed by atoms with van der Waals surface area (Å²) in [5, 5.41) is 0.928.